The van der Waals surface area contributed by atoms with Crippen molar-refractivity contribution in [3.05, 3.63) is 12.7 Å². The number of hydrogen-bond donors (Lipinski definition) is 0. The number of nitrogens with zero attached hydrogens (tertiary/aromatic N) is 1. The molecule has 110 valence electrons. The smallest absolute Gasteiger partial charge is 0.0157 e. The van der Waals surface area contributed by atoms with Crippen LogP contribution < -0.4 is 0 Å². The Morgan fingerprint density at radius 1 is 0.833 bits per heavy atom. The summed E-state index contributed by atoms with van der Waals surface area (Å²) in [5.41, 5.74) is 0. The van der Waals surface area contributed by atoms with Crippen LogP contribution in [0.1, 0.15) is 71.1 Å². The first kappa shape index (κ1) is 20.3. The van der Waals surface area contributed by atoms with Crippen molar-refractivity contribution in [3.63, 3.8) is 0 Å². The summed E-state index contributed by atoms with van der Waals surface area (Å²) >= 11 is 0. The average Bonchev–Trinajstić information content (AvgIpc) is 2.32. The van der Waals surface area contributed by atoms with Crippen LogP contribution in [0.5, 0.6) is 0 Å². The third-order valence-electron chi connectivity index (χ3n) is 3.33. The lowest BCUT2D eigenvalue weighted by molar-refractivity contribution is 0.356. The molecule has 0 aromatic rings. The number of rotatable bonds is 13. The maximum Gasteiger partial charge on any atom is 0.0157 e. The van der Waals surface area contributed by atoms with Crippen molar-refractivity contribution in [3.8, 4) is 0 Å². The summed E-state index contributed by atoms with van der Waals surface area (Å²) in [6.07, 6.45) is 16.2. The van der Waals surface area contributed by atoms with Crippen molar-refractivity contribution in [2.75, 3.05) is 20.1 Å². The topological polar surface area (TPSA) is 3.24 Å². The maximum absolute atomic E-state index is 3.76. The van der Waals surface area contributed by atoms with Gasteiger partial charge in [-0.05, 0) is 20.0 Å². The van der Waals surface area contributed by atoms with Crippen LogP contribution in [-0.4, -0.2) is 25.0 Å². The SMILES string of the molecule is C=CCN(C)CCCCCCCCCCCC.Cl. The van der Waals surface area contributed by atoms with Crippen LogP contribution in [-0.2, 0) is 0 Å². The number of unbranched alkanes of at least 4 members (excludes halogenated alkanes) is 9. The molecule has 0 aromatic carbocycles. The highest BCUT2D eigenvalue weighted by Gasteiger charge is 1.95. The van der Waals surface area contributed by atoms with E-state index in [0.29, 0.717) is 0 Å². The molecule has 0 spiro atoms. The molecule has 0 radical (unpaired) electrons. The van der Waals surface area contributed by atoms with Gasteiger partial charge < -0.3 is 4.90 Å². The Morgan fingerprint density at radius 2 is 1.28 bits per heavy atom. The molecule has 0 aliphatic carbocycles. The monoisotopic (exact) mass is 275 g/mol. The van der Waals surface area contributed by atoms with Crippen LogP contribution in [0.25, 0.3) is 0 Å². The highest BCUT2D eigenvalue weighted by Crippen LogP contribution is 2.10. The minimum Gasteiger partial charge on any atom is -0.303 e. The quantitative estimate of drug-likeness (QED) is 0.319. The van der Waals surface area contributed by atoms with E-state index in [-0.39, 0.29) is 12.4 Å². The van der Waals surface area contributed by atoms with Crippen molar-refractivity contribution in [2.45, 2.75) is 71.1 Å². The van der Waals surface area contributed by atoms with Gasteiger partial charge in [-0.1, -0.05) is 70.8 Å². The lowest BCUT2D eigenvalue weighted by Crippen LogP contribution is -2.19. The largest absolute Gasteiger partial charge is 0.303 e. The predicted octanol–water partition coefficient (Wildman–Crippen LogP) is 5.45. The molecule has 0 bridgehead atoms. The van der Waals surface area contributed by atoms with Gasteiger partial charge in [0.15, 0.2) is 0 Å². The summed E-state index contributed by atoms with van der Waals surface area (Å²) in [4.78, 5) is 2.34. The van der Waals surface area contributed by atoms with Gasteiger partial charge in [-0.2, -0.15) is 0 Å². The number of halogens is 1. The van der Waals surface area contributed by atoms with E-state index in [2.05, 4.69) is 25.5 Å². The maximum atomic E-state index is 3.76. The molecule has 0 unspecified atom stereocenters. The van der Waals surface area contributed by atoms with Crippen LogP contribution in [0.4, 0.5) is 0 Å². The molecule has 0 aromatic heterocycles. The fourth-order valence-electron chi connectivity index (χ4n) is 2.18. The van der Waals surface area contributed by atoms with Gasteiger partial charge in [0.05, 0.1) is 0 Å². The van der Waals surface area contributed by atoms with Gasteiger partial charge in [0, 0.05) is 6.54 Å². The first-order valence-corrected chi connectivity index (χ1v) is 7.60. The Balaban J connectivity index is 0. The molecule has 1 nitrogen and oxygen atoms in total. The molecule has 0 N–H and O–H groups in total. The zero-order valence-corrected chi connectivity index (χ0v) is 13.4. The van der Waals surface area contributed by atoms with Gasteiger partial charge in [0.25, 0.3) is 0 Å². The Bertz CT molecular complexity index is 159. The molecule has 0 atom stereocenters. The number of hydrogen-bond acceptors (Lipinski definition) is 1. The van der Waals surface area contributed by atoms with Crippen LogP contribution in [0.15, 0.2) is 12.7 Å². The average molecular weight is 276 g/mol. The van der Waals surface area contributed by atoms with Gasteiger partial charge in [0.2, 0.25) is 0 Å². The Labute approximate surface area is 121 Å². The molecule has 0 amide bonds. The summed E-state index contributed by atoms with van der Waals surface area (Å²) in [5.74, 6) is 0. The molecule has 0 rings (SSSR count). The molecule has 0 saturated carbocycles. The Hall–Kier alpha value is -0.0100. The van der Waals surface area contributed by atoms with Gasteiger partial charge in [-0.25, -0.2) is 0 Å². The van der Waals surface area contributed by atoms with Crippen molar-refractivity contribution in [2.24, 2.45) is 0 Å². The van der Waals surface area contributed by atoms with Crippen molar-refractivity contribution in [1.29, 1.82) is 0 Å². The normalized spacial score (nSPS) is 10.4. The van der Waals surface area contributed by atoms with Gasteiger partial charge >= 0.3 is 0 Å². The predicted molar refractivity (Wildman–Crippen MR) is 86.8 cm³/mol. The third kappa shape index (κ3) is 16.0. The number of likely N-dealkylation sites (N-methyl/N-ethyl adjacent to an activating group) is 1. The summed E-state index contributed by atoms with van der Waals surface area (Å²) in [6, 6.07) is 0. The van der Waals surface area contributed by atoms with Gasteiger partial charge in [0.1, 0.15) is 0 Å². The van der Waals surface area contributed by atoms with E-state index in [0.717, 1.165) is 6.54 Å². The molecule has 0 fully saturated rings. The van der Waals surface area contributed by atoms with Crippen molar-refractivity contribution in [1.82, 2.24) is 4.90 Å². The molecule has 0 saturated heterocycles. The lowest BCUT2D eigenvalue weighted by atomic mass is 10.1. The van der Waals surface area contributed by atoms with Crippen LogP contribution in [0, 0.1) is 0 Å². The van der Waals surface area contributed by atoms with E-state index in [9.17, 15) is 0 Å². The minimum absolute atomic E-state index is 0. The zero-order chi connectivity index (χ0) is 12.8. The van der Waals surface area contributed by atoms with E-state index in [1.165, 1.54) is 70.8 Å². The second-order valence-corrected chi connectivity index (χ2v) is 5.23. The molecule has 18 heavy (non-hydrogen) atoms. The first-order valence-electron chi connectivity index (χ1n) is 7.60. The van der Waals surface area contributed by atoms with E-state index in [1.54, 1.807) is 0 Å². The fraction of sp³-hybridized carbons (Fsp3) is 0.875. The first-order chi connectivity index (χ1) is 8.31. The van der Waals surface area contributed by atoms with E-state index >= 15 is 0 Å². The minimum atomic E-state index is 0. The zero-order valence-electron chi connectivity index (χ0n) is 12.6. The standard InChI is InChI=1S/C16H33N.ClH/c1-4-6-7-8-9-10-11-12-13-14-16-17(3)15-5-2;/h5H,2,4,6-16H2,1,3H3;1H. The Morgan fingerprint density at radius 3 is 1.72 bits per heavy atom. The molecule has 0 aliphatic rings. The fourth-order valence-corrected chi connectivity index (χ4v) is 2.18. The molecular weight excluding hydrogens is 242 g/mol. The molecule has 2 heteroatoms. The van der Waals surface area contributed by atoms with E-state index < -0.39 is 0 Å². The summed E-state index contributed by atoms with van der Waals surface area (Å²) in [6.45, 7) is 8.29. The van der Waals surface area contributed by atoms with Crippen LogP contribution in [0.2, 0.25) is 0 Å². The highest BCUT2D eigenvalue weighted by molar-refractivity contribution is 5.85. The second-order valence-electron chi connectivity index (χ2n) is 5.23. The Kier molecular flexibility index (Phi) is 19.2. The second kappa shape index (κ2) is 17.0. The molecular formula is C16H34ClN. The molecule has 0 aliphatic heterocycles. The lowest BCUT2D eigenvalue weighted by Gasteiger charge is -2.13. The van der Waals surface area contributed by atoms with Crippen molar-refractivity contribution >= 4 is 12.4 Å². The summed E-state index contributed by atoms with van der Waals surface area (Å²) in [5, 5.41) is 0. The van der Waals surface area contributed by atoms with Crippen LogP contribution >= 0.6 is 12.4 Å². The van der Waals surface area contributed by atoms with E-state index in [1.807, 2.05) is 6.08 Å². The van der Waals surface area contributed by atoms with Gasteiger partial charge in [-0.3, -0.25) is 0 Å². The van der Waals surface area contributed by atoms with Crippen molar-refractivity contribution < 1.29 is 0 Å². The highest BCUT2D eigenvalue weighted by atomic mass is 35.5. The summed E-state index contributed by atoms with van der Waals surface area (Å²) < 4.78 is 0. The van der Waals surface area contributed by atoms with Crippen LogP contribution in [0.3, 0.4) is 0 Å². The van der Waals surface area contributed by atoms with Gasteiger partial charge in [-0.15, -0.1) is 19.0 Å². The molecule has 0 heterocycles. The summed E-state index contributed by atoms with van der Waals surface area (Å²) in [7, 11) is 2.18. The third-order valence-corrected chi connectivity index (χ3v) is 3.33. The van der Waals surface area contributed by atoms with E-state index in [4.69, 9.17) is 0 Å².